The third kappa shape index (κ3) is 3.05. The van der Waals surface area contributed by atoms with Crippen LogP contribution in [0.3, 0.4) is 0 Å². The van der Waals surface area contributed by atoms with Crippen molar-refractivity contribution in [2.24, 2.45) is 0 Å². The van der Waals surface area contributed by atoms with E-state index in [1.165, 1.54) is 32.7 Å². The highest BCUT2D eigenvalue weighted by atomic mass is 14.2. The Hall–Kier alpha value is -2.60. The zero-order chi connectivity index (χ0) is 17.2. The first-order valence-corrected chi connectivity index (χ1v) is 9.19. The molecular formula is C25H24. The normalized spacial score (nSPS) is 13.8. The lowest BCUT2D eigenvalue weighted by Crippen LogP contribution is -2.02. The van der Waals surface area contributed by atoms with Crippen molar-refractivity contribution in [2.75, 3.05) is 0 Å². The van der Waals surface area contributed by atoms with Gasteiger partial charge in [0.05, 0.1) is 0 Å². The number of hydrogen-bond donors (Lipinski definition) is 0. The highest BCUT2D eigenvalue weighted by Crippen LogP contribution is 2.35. The molecule has 4 aromatic carbocycles. The summed E-state index contributed by atoms with van der Waals surface area (Å²) in [5.41, 5.74) is 2.93. The summed E-state index contributed by atoms with van der Waals surface area (Å²) in [4.78, 5) is 0. The fourth-order valence-corrected chi connectivity index (χ4v) is 4.14. The van der Waals surface area contributed by atoms with Crippen molar-refractivity contribution in [1.82, 2.24) is 0 Å². The Bertz CT molecular complexity index is 919. The maximum absolute atomic E-state index is 2.36. The third-order valence-corrected chi connectivity index (χ3v) is 5.42. The van der Waals surface area contributed by atoms with Gasteiger partial charge in [-0.1, -0.05) is 98.8 Å². The topological polar surface area (TPSA) is 0 Å². The van der Waals surface area contributed by atoms with Crippen molar-refractivity contribution in [2.45, 2.75) is 32.1 Å². The third-order valence-electron chi connectivity index (χ3n) is 5.42. The highest BCUT2D eigenvalue weighted by molar-refractivity contribution is 5.87. The van der Waals surface area contributed by atoms with Gasteiger partial charge in [0.25, 0.3) is 0 Å². The van der Waals surface area contributed by atoms with Crippen molar-refractivity contribution in [3.63, 3.8) is 0 Å². The molecule has 0 aliphatic rings. The Balaban J connectivity index is 1.66. The summed E-state index contributed by atoms with van der Waals surface area (Å²) in [6.07, 6.45) is 1.15. The molecule has 0 radical (unpaired) electrons. The predicted octanol–water partition coefficient (Wildman–Crippen LogP) is 7.29. The van der Waals surface area contributed by atoms with E-state index in [2.05, 4.69) is 98.8 Å². The molecular weight excluding hydrogens is 300 g/mol. The Kier molecular flexibility index (Phi) is 4.28. The first-order chi connectivity index (χ1) is 12.2. The average molecular weight is 324 g/mol. The van der Waals surface area contributed by atoms with Crippen LogP contribution in [-0.4, -0.2) is 0 Å². The SMILES string of the molecule is C[C@@H](C[C@H](C)c1cccc2ccccc12)c1cccc2ccccc12. The van der Waals surface area contributed by atoms with Crippen molar-refractivity contribution in [3.8, 4) is 0 Å². The fourth-order valence-electron chi connectivity index (χ4n) is 4.14. The van der Waals surface area contributed by atoms with E-state index in [1.807, 2.05) is 0 Å². The quantitative estimate of drug-likeness (QED) is 0.370. The van der Waals surface area contributed by atoms with E-state index >= 15 is 0 Å². The lowest BCUT2D eigenvalue weighted by atomic mass is 9.84. The van der Waals surface area contributed by atoms with Gasteiger partial charge in [0.15, 0.2) is 0 Å². The van der Waals surface area contributed by atoms with Gasteiger partial charge in [-0.05, 0) is 50.9 Å². The second-order valence-corrected chi connectivity index (χ2v) is 7.17. The lowest BCUT2D eigenvalue weighted by molar-refractivity contribution is 0.598. The Morgan fingerprint density at radius 2 is 0.920 bits per heavy atom. The summed E-state index contributed by atoms with van der Waals surface area (Å²) < 4.78 is 0. The van der Waals surface area contributed by atoms with Gasteiger partial charge in [-0.25, -0.2) is 0 Å². The summed E-state index contributed by atoms with van der Waals surface area (Å²) in [6.45, 7) is 4.73. The van der Waals surface area contributed by atoms with Gasteiger partial charge in [0.1, 0.15) is 0 Å². The number of benzene rings is 4. The van der Waals surface area contributed by atoms with Crippen LogP contribution in [0.15, 0.2) is 84.9 Å². The van der Waals surface area contributed by atoms with Gasteiger partial charge >= 0.3 is 0 Å². The second-order valence-electron chi connectivity index (χ2n) is 7.17. The molecule has 4 rings (SSSR count). The summed E-state index contributed by atoms with van der Waals surface area (Å²) in [6, 6.07) is 30.8. The van der Waals surface area contributed by atoms with Gasteiger partial charge in [-0.15, -0.1) is 0 Å². The van der Waals surface area contributed by atoms with Gasteiger partial charge in [-0.3, -0.25) is 0 Å². The smallest absolute Gasteiger partial charge is 0.0149 e. The maximum atomic E-state index is 2.36. The summed E-state index contributed by atoms with van der Waals surface area (Å²) in [7, 11) is 0. The minimum absolute atomic E-state index is 0.528. The minimum Gasteiger partial charge on any atom is -0.0616 e. The fraction of sp³-hybridized carbons (Fsp3) is 0.200. The van der Waals surface area contributed by atoms with Crippen LogP contribution in [0.2, 0.25) is 0 Å². The van der Waals surface area contributed by atoms with Crippen molar-refractivity contribution >= 4 is 21.5 Å². The molecule has 0 spiro atoms. The Labute approximate surface area is 150 Å². The predicted molar refractivity (Wildman–Crippen MR) is 109 cm³/mol. The molecule has 0 amide bonds. The molecule has 0 bridgehead atoms. The van der Waals surface area contributed by atoms with Crippen LogP contribution in [0.1, 0.15) is 43.2 Å². The van der Waals surface area contributed by atoms with Crippen LogP contribution in [0.4, 0.5) is 0 Å². The van der Waals surface area contributed by atoms with Crippen LogP contribution >= 0.6 is 0 Å². The molecule has 0 aromatic heterocycles. The maximum Gasteiger partial charge on any atom is -0.0149 e. The molecule has 0 heteroatoms. The molecule has 0 aliphatic carbocycles. The first-order valence-electron chi connectivity index (χ1n) is 9.19. The molecule has 0 nitrogen and oxygen atoms in total. The molecule has 0 saturated carbocycles. The Morgan fingerprint density at radius 1 is 0.520 bits per heavy atom. The standard InChI is InChI=1S/C25H24/c1-18(22-15-7-11-20-9-3-5-13-24(20)22)17-19(2)23-16-8-12-21-10-4-6-14-25(21)23/h3-16,18-19H,17H2,1-2H3/t18-,19-/m0/s1. The van der Waals surface area contributed by atoms with E-state index in [9.17, 15) is 0 Å². The van der Waals surface area contributed by atoms with Crippen LogP contribution in [-0.2, 0) is 0 Å². The zero-order valence-corrected chi connectivity index (χ0v) is 14.9. The van der Waals surface area contributed by atoms with E-state index in [-0.39, 0.29) is 0 Å². The minimum atomic E-state index is 0.528. The van der Waals surface area contributed by atoms with Crippen LogP contribution in [0.5, 0.6) is 0 Å². The monoisotopic (exact) mass is 324 g/mol. The number of rotatable bonds is 4. The van der Waals surface area contributed by atoms with Crippen molar-refractivity contribution in [3.05, 3.63) is 96.1 Å². The van der Waals surface area contributed by atoms with Crippen LogP contribution in [0.25, 0.3) is 21.5 Å². The van der Waals surface area contributed by atoms with E-state index in [0.29, 0.717) is 11.8 Å². The molecule has 0 fully saturated rings. The van der Waals surface area contributed by atoms with Crippen molar-refractivity contribution < 1.29 is 0 Å². The molecule has 0 saturated heterocycles. The molecule has 0 aliphatic heterocycles. The molecule has 4 aromatic rings. The van der Waals surface area contributed by atoms with Crippen LogP contribution < -0.4 is 0 Å². The van der Waals surface area contributed by atoms with Gasteiger partial charge in [-0.2, -0.15) is 0 Å². The Morgan fingerprint density at radius 3 is 1.40 bits per heavy atom. The van der Waals surface area contributed by atoms with Gasteiger partial charge in [0, 0.05) is 0 Å². The summed E-state index contributed by atoms with van der Waals surface area (Å²) in [5, 5.41) is 5.46. The molecule has 0 heterocycles. The highest BCUT2D eigenvalue weighted by Gasteiger charge is 2.16. The van der Waals surface area contributed by atoms with Gasteiger partial charge < -0.3 is 0 Å². The van der Waals surface area contributed by atoms with Gasteiger partial charge in [0.2, 0.25) is 0 Å². The number of fused-ring (bicyclic) bond motifs is 2. The zero-order valence-electron chi connectivity index (χ0n) is 14.9. The molecule has 0 N–H and O–H groups in total. The summed E-state index contributed by atoms with van der Waals surface area (Å²) >= 11 is 0. The van der Waals surface area contributed by atoms with E-state index in [4.69, 9.17) is 0 Å². The molecule has 124 valence electrons. The average Bonchev–Trinajstić information content (AvgIpc) is 2.67. The van der Waals surface area contributed by atoms with Crippen LogP contribution in [0, 0.1) is 0 Å². The second kappa shape index (κ2) is 6.72. The van der Waals surface area contributed by atoms with E-state index in [1.54, 1.807) is 0 Å². The molecule has 0 unspecified atom stereocenters. The number of hydrogen-bond acceptors (Lipinski definition) is 0. The first kappa shape index (κ1) is 15.9. The lowest BCUT2D eigenvalue weighted by Gasteiger charge is -2.21. The summed E-state index contributed by atoms with van der Waals surface area (Å²) in [5.74, 6) is 1.06. The van der Waals surface area contributed by atoms with E-state index < -0.39 is 0 Å². The van der Waals surface area contributed by atoms with Crippen molar-refractivity contribution in [1.29, 1.82) is 0 Å². The molecule has 25 heavy (non-hydrogen) atoms. The van der Waals surface area contributed by atoms with E-state index in [0.717, 1.165) is 6.42 Å². The largest absolute Gasteiger partial charge is 0.0616 e. The molecule has 2 atom stereocenters.